The van der Waals surface area contributed by atoms with Gasteiger partial charge in [-0.3, -0.25) is 0 Å². The summed E-state index contributed by atoms with van der Waals surface area (Å²) in [7, 11) is -1.93. The Labute approximate surface area is 171 Å². The second-order valence-corrected chi connectivity index (χ2v) is 14.2. The van der Waals surface area contributed by atoms with Crippen LogP contribution in [0.2, 0.25) is 16.6 Å². The van der Waals surface area contributed by atoms with Crippen LogP contribution >= 0.6 is 0 Å². The summed E-state index contributed by atoms with van der Waals surface area (Å²) in [6, 6.07) is 18.7. The first-order valence-corrected chi connectivity index (χ1v) is 12.6. The van der Waals surface area contributed by atoms with Crippen molar-refractivity contribution in [2.24, 2.45) is 0 Å². The quantitative estimate of drug-likeness (QED) is 0.360. The molecule has 0 spiro atoms. The monoisotopic (exact) mass is 398 g/mol. The fourth-order valence-corrected chi connectivity index (χ4v) is 10.0. The van der Waals surface area contributed by atoms with Crippen molar-refractivity contribution in [1.29, 1.82) is 0 Å². The average Bonchev–Trinajstić information content (AvgIpc) is 3.16. The minimum Gasteiger partial charge on any atom is -0.543 e. The molecule has 1 aliphatic rings. The summed E-state index contributed by atoms with van der Waals surface area (Å²) in [6.07, 6.45) is 0.777. The molecule has 0 saturated carbocycles. The molecular formula is C24H34O3Si. The molecule has 0 bridgehead atoms. The molecule has 3 nitrogen and oxygen atoms in total. The fraction of sp³-hybridized carbons (Fsp3) is 0.500. The smallest absolute Gasteiger partial charge is 0.258 e. The maximum atomic E-state index is 6.76. The third-order valence-electron chi connectivity index (χ3n) is 6.14. The lowest BCUT2D eigenvalue weighted by atomic mass is 10.00. The average molecular weight is 399 g/mol. The molecular weight excluding hydrogens is 364 g/mol. The van der Waals surface area contributed by atoms with Gasteiger partial charge in [0.05, 0.1) is 0 Å². The summed E-state index contributed by atoms with van der Waals surface area (Å²) in [5.74, 6) is 0.977. The van der Waals surface area contributed by atoms with E-state index < -0.39 is 8.32 Å². The van der Waals surface area contributed by atoms with Crippen LogP contribution in [0.1, 0.15) is 71.3 Å². The molecule has 0 N–H and O–H groups in total. The normalized spacial score (nSPS) is 20.3. The standard InChI is InChI=1S/C24H34O3Si/c1-17(2)28(18(3)4,19(5)6)27-22-14-12-21(13-15-22)24-16-23(25-26-24)20-10-8-7-9-11-20/h7-15,17-19,23-24H,16H2,1-6H3/t23-,24+/m1/s1. The van der Waals surface area contributed by atoms with Gasteiger partial charge in [0.15, 0.2) is 0 Å². The molecule has 1 aliphatic heterocycles. The highest BCUT2D eigenvalue weighted by molar-refractivity contribution is 6.78. The molecule has 0 amide bonds. The fourth-order valence-electron chi connectivity index (χ4n) is 4.77. The summed E-state index contributed by atoms with van der Waals surface area (Å²) in [5.41, 5.74) is 3.98. The van der Waals surface area contributed by atoms with Crippen molar-refractivity contribution in [3.8, 4) is 5.75 Å². The van der Waals surface area contributed by atoms with Gasteiger partial charge in [0, 0.05) is 6.42 Å². The van der Waals surface area contributed by atoms with E-state index >= 15 is 0 Å². The molecule has 3 rings (SSSR count). The Balaban J connectivity index is 1.72. The van der Waals surface area contributed by atoms with Crippen molar-refractivity contribution in [2.45, 2.75) is 76.8 Å². The molecule has 2 aromatic rings. The van der Waals surface area contributed by atoms with Gasteiger partial charge in [-0.25, -0.2) is 9.78 Å². The maximum Gasteiger partial charge on any atom is 0.258 e. The predicted octanol–water partition coefficient (Wildman–Crippen LogP) is 7.38. The van der Waals surface area contributed by atoms with Gasteiger partial charge in [-0.05, 0) is 39.9 Å². The highest BCUT2D eigenvalue weighted by Gasteiger charge is 2.47. The SMILES string of the molecule is CC(C)[Si](Oc1ccc([C@@H]2C[C@H](c3ccccc3)OO2)cc1)(C(C)C)C(C)C. The van der Waals surface area contributed by atoms with Crippen LogP contribution in [0.3, 0.4) is 0 Å². The summed E-state index contributed by atoms with van der Waals surface area (Å²) in [4.78, 5) is 11.2. The van der Waals surface area contributed by atoms with E-state index in [2.05, 4.69) is 77.9 Å². The van der Waals surface area contributed by atoms with Gasteiger partial charge in [-0.2, -0.15) is 0 Å². The van der Waals surface area contributed by atoms with Gasteiger partial charge in [0.1, 0.15) is 18.0 Å². The van der Waals surface area contributed by atoms with Crippen molar-refractivity contribution >= 4 is 8.32 Å². The lowest BCUT2D eigenvalue weighted by molar-refractivity contribution is -0.300. The molecule has 0 unspecified atom stereocenters. The first-order chi connectivity index (χ1) is 13.3. The zero-order valence-corrected chi connectivity index (χ0v) is 19.0. The number of benzene rings is 2. The number of rotatable bonds is 7. The van der Waals surface area contributed by atoms with E-state index in [1.165, 1.54) is 0 Å². The largest absolute Gasteiger partial charge is 0.543 e. The lowest BCUT2D eigenvalue weighted by Gasteiger charge is -2.42. The number of hydrogen-bond acceptors (Lipinski definition) is 3. The highest BCUT2D eigenvalue weighted by atomic mass is 28.4. The Kier molecular flexibility index (Phi) is 6.64. The topological polar surface area (TPSA) is 27.7 Å². The van der Waals surface area contributed by atoms with E-state index in [-0.39, 0.29) is 12.2 Å². The maximum absolute atomic E-state index is 6.76. The van der Waals surface area contributed by atoms with Crippen LogP contribution in [-0.4, -0.2) is 8.32 Å². The zero-order chi connectivity index (χ0) is 20.3. The molecule has 1 fully saturated rings. The van der Waals surface area contributed by atoms with Crippen molar-refractivity contribution < 1.29 is 14.2 Å². The van der Waals surface area contributed by atoms with Crippen LogP contribution in [0.4, 0.5) is 0 Å². The van der Waals surface area contributed by atoms with Crippen LogP contribution in [0, 0.1) is 0 Å². The highest BCUT2D eigenvalue weighted by Crippen LogP contribution is 2.43. The molecule has 2 aromatic carbocycles. The Hall–Kier alpha value is -1.62. The van der Waals surface area contributed by atoms with E-state index in [0.717, 1.165) is 23.3 Å². The van der Waals surface area contributed by atoms with Gasteiger partial charge in [0.2, 0.25) is 0 Å². The van der Waals surface area contributed by atoms with Crippen molar-refractivity contribution in [3.63, 3.8) is 0 Å². The molecule has 28 heavy (non-hydrogen) atoms. The Bertz CT molecular complexity index is 718. The van der Waals surface area contributed by atoms with Crippen molar-refractivity contribution in [1.82, 2.24) is 0 Å². The van der Waals surface area contributed by atoms with Gasteiger partial charge in [-0.15, -0.1) is 0 Å². The molecule has 1 saturated heterocycles. The zero-order valence-electron chi connectivity index (χ0n) is 18.0. The summed E-state index contributed by atoms with van der Waals surface area (Å²) >= 11 is 0. The molecule has 1 heterocycles. The molecule has 2 atom stereocenters. The lowest BCUT2D eigenvalue weighted by Crippen LogP contribution is -2.50. The molecule has 152 valence electrons. The van der Waals surface area contributed by atoms with Crippen molar-refractivity contribution in [3.05, 3.63) is 65.7 Å². The van der Waals surface area contributed by atoms with Crippen LogP contribution in [0.5, 0.6) is 5.75 Å². The molecule has 4 heteroatoms. The summed E-state index contributed by atoms with van der Waals surface area (Å²) in [5, 5.41) is 0. The minimum atomic E-state index is -1.93. The van der Waals surface area contributed by atoms with Gasteiger partial charge < -0.3 is 4.43 Å². The van der Waals surface area contributed by atoms with Gasteiger partial charge >= 0.3 is 0 Å². The first kappa shape index (κ1) is 21.1. The predicted molar refractivity (Wildman–Crippen MR) is 117 cm³/mol. The van der Waals surface area contributed by atoms with Gasteiger partial charge in [0.25, 0.3) is 8.32 Å². The minimum absolute atomic E-state index is 0.00925. The Morgan fingerprint density at radius 1 is 0.714 bits per heavy atom. The van der Waals surface area contributed by atoms with Crippen molar-refractivity contribution in [2.75, 3.05) is 0 Å². The second kappa shape index (κ2) is 8.81. The number of hydrogen-bond donors (Lipinski definition) is 0. The Morgan fingerprint density at radius 3 is 1.64 bits per heavy atom. The molecule has 0 aliphatic carbocycles. The Morgan fingerprint density at radius 2 is 1.18 bits per heavy atom. The molecule has 0 aromatic heterocycles. The second-order valence-electron chi connectivity index (χ2n) is 8.80. The third kappa shape index (κ3) is 4.19. The molecule has 0 radical (unpaired) electrons. The van der Waals surface area contributed by atoms with E-state index in [4.69, 9.17) is 14.2 Å². The van der Waals surface area contributed by atoms with E-state index in [1.807, 2.05) is 18.2 Å². The summed E-state index contributed by atoms with van der Waals surface area (Å²) in [6.45, 7) is 13.9. The van der Waals surface area contributed by atoms with Crippen LogP contribution in [0.25, 0.3) is 0 Å². The van der Waals surface area contributed by atoms with E-state index in [0.29, 0.717) is 16.6 Å². The first-order valence-electron chi connectivity index (χ1n) is 10.5. The van der Waals surface area contributed by atoms with E-state index in [9.17, 15) is 0 Å². The van der Waals surface area contributed by atoms with Crippen LogP contribution < -0.4 is 4.43 Å². The summed E-state index contributed by atoms with van der Waals surface area (Å²) < 4.78 is 6.76. The van der Waals surface area contributed by atoms with Crippen LogP contribution in [0.15, 0.2) is 54.6 Å². The van der Waals surface area contributed by atoms with Gasteiger partial charge in [-0.1, -0.05) is 84.0 Å². The van der Waals surface area contributed by atoms with Crippen LogP contribution in [-0.2, 0) is 9.78 Å². The van der Waals surface area contributed by atoms with E-state index in [1.54, 1.807) is 0 Å². The third-order valence-corrected chi connectivity index (χ3v) is 12.1.